The highest BCUT2D eigenvalue weighted by molar-refractivity contribution is 5.49. The molecule has 0 aliphatic carbocycles. The Morgan fingerprint density at radius 3 is 1.94 bits per heavy atom. The van der Waals surface area contributed by atoms with Crippen LogP contribution in [0.3, 0.4) is 0 Å². The van der Waals surface area contributed by atoms with Gasteiger partial charge in [-0.3, -0.25) is 0 Å². The van der Waals surface area contributed by atoms with E-state index in [1.54, 1.807) is 0 Å². The summed E-state index contributed by atoms with van der Waals surface area (Å²) in [5.41, 5.74) is 4.97. The Bertz CT molecular complexity index is 720. The lowest BCUT2D eigenvalue weighted by molar-refractivity contribution is -0.107. The van der Waals surface area contributed by atoms with Crippen molar-refractivity contribution in [2.75, 3.05) is 0 Å². The molecule has 0 aliphatic rings. The van der Waals surface area contributed by atoms with Crippen LogP contribution in [-0.2, 0) is 4.79 Å². The molecular formula is C29H45FO. The van der Waals surface area contributed by atoms with E-state index in [1.807, 2.05) is 13.8 Å². The first-order valence-corrected chi connectivity index (χ1v) is 11.8. The molecule has 0 saturated heterocycles. The predicted molar refractivity (Wildman–Crippen MR) is 135 cm³/mol. The molecule has 0 radical (unpaired) electrons. The molecule has 0 fully saturated rings. The zero-order valence-electron chi connectivity index (χ0n) is 21.2. The summed E-state index contributed by atoms with van der Waals surface area (Å²) in [5.74, 6) is 6.19. The molecule has 0 unspecified atom stereocenters. The smallest absolute Gasteiger partial charge is 0.120 e. The first kappa shape index (κ1) is 29.1. The van der Waals surface area contributed by atoms with Gasteiger partial charge in [0.15, 0.2) is 0 Å². The zero-order valence-corrected chi connectivity index (χ0v) is 21.2. The Morgan fingerprint density at radius 1 is 0.806 bits per heavy atom. The third-order valence-electron chi connectivity index (χ3n) is 5.65. The molecule has 0 amide bonds. The Labute approximate surface area is 192 Å². The van der Waals surface area contributed by atoms with Crippen LogP contribution >= 0.6 is 0 Å². The Balaban J connectivity index is 4.40. The summed E-state index contributed by atoms with van der Waals surface area (Å²) in [5, 5.41) is 0. The fourth-order valence-corrected chi connectivity index (χ4v) is 3.17. The van der Waals surface area contributed by atoms with E-state index in [4.69, 9.17) is 0 Å². The first-order chi connectivity index (χ1) is 14.6. The molecule has 0 spiro atoms. The Morgan fingerprint density at radius 2 is 1.35 bits per heavy atom. The van der Waals surface area contributed by atoms with Crippen molar-refractivity contribution < 1.29 is 9.18 Å². The van der Waals surface area contributed by atoms with Crippen LogP contribution in [0.4, 0.5) is 4.39 Å². The van der Waals surface area contributed by atoms with Crippen molar-refractivity contribution in [3.63, 3.8) is 0 Å². The molecule has 1 nitrogen and oxygen atoms in total. The molecular weight excluding hydrogens is 383 g/mol. The van der Waals surface area contributed by atoms with E-state index in [0.717, 1.165) is 63.2 Å². The van der Waals surface area contributed by atoms with Crippen molar-refractivity contribution >= 4 is 6.29 Å². The van der Waals surface area contributed by atoms with Crippen LogP contribution in [0.25, 0.3) is 0 Å². The number of aldehydes is 1. The van der Waals surface area contributed by atoms with Crippen molar-refractivity contribution in [2.24, 2.45) is 5.41 Å². The second kappa shape index (κ2) is 16.8. The van der Waals surface area contributed by atoms with E-state index in [1.165, 1.54) is 16.7 Å². The summed E-state index contributed by atoms with van der Waals surface area (Å²) in [4.78, 5) is 10.4. The van der Waals surface area contributed by atoms with Gasteiger partial charge in [-0.1, -0.05) is 48.8 Å². The standard InChI is InChI=1S/C29H45FO/c1-8-9-21-29(6,7)22-20-26(4)18-19-27(5)28(30)17-11-15-24(2)13-10-14-25(3)16-12-23-31/h14-15,20,23H,10-13,16-19,21-22H2,1-7H3/b24-15+,25-14+,26-20+,28-27-. The van der Waals surface area contributed by atoms with E-state index in [9.17, 15) is 9.18 Å². The molecule has 0 rings (SSSR count). The second-order valence-electron chi connectivity index (χ2n) is 9.59. The average Bonchev–Trinajstić information content (AvgIpc) is 2.73. The van der Waals surface area contributed by atoms with Gasteiger partial charge in [0, 0.05) is 19.3 Å². The molecule has 0 N–H and O–H groups in total. The van der Waals surface area contributed by atoms with Gasteiger partial charge in [-0.2, -0.15) is 0 Å². The minimum absolute atomic E-state index is 0.0417. The minimum atomic E-state index is 0.0417. The lowest BCUT2D eigenvalue weighted by atomic mass is 9.85. The Hall–Kier alpha value is -1.88. The number of hydrogen-bond acceptors (Lipinski definition) is 1. The summed E-state index contributed by atoms with van der Waals surface area (Å²) in [7, 11) is 0. The molecule has 0 aromatic heterocycles. The number of hydrogen-bond donors (Lipinski definition) is 0. The third kappa shape index (κ3) is 16.5. The maximum atomic E-state index is 14.5. The van der Waals surface area contributed by atoms with E-state index < -0.39 is 0 Å². The fraction of sp³-hybridized carbons (Fsp3) is 0.621. The van der Waals surface area contributed by atoms with Gasteiger partial charge in [0.25, 0.3) is 0 Å². The summed E-state index contributed by atoms with van der Waals surface area (Å²) in [6.07, 6.45) is 15.9. The fourth-order valence-electron chi connectivity index (χ4n) is 3.17. The molecule has 0 bridgehead atoms. The van der Waals surface area contributed by atoms with Crippen LogP contribution in [0.1, 0.15) is 113 Å². The van der Waals surface area contributed by atoms with E-state index >= 15 is 0 Å². The number of carbonyl (C=O) groups is 1. The summed E-state index contributed by atoms with van der Waals surface area (Å²) < 4.78 is 14.5. The monoisotopic (exact) mass is 428 g/mol. The highest BCUT2D eigenvalue weighted by atomic mass is 19.1. The van der Waals surface area contributed by atoms with Crippen molar-refractivity contribution in [3.05, 3.63) is 46.3 Å². The van der Waals surface area contributed by atoms with Gasteiger partial charge < -0.3 is 4.79 Å². The van der Waals surface area contributed by atoms with Gasteiger partial charge in [-0.15, -0.1) is 11.8 Å². The normalized spacial score (nSPS) is 14.1. The van der Waals surface area contributed by atoms with Crippen LogP contribution in [0.2, 0.25) is 0 Å². The maximum absolute atomic E-state index is 14.5. The van der Waals surface area contributed by atoms with E-state index in [0.29, 0.717) is 12.8 Å². The van der Waals surface area contributed by atoms with Crippen LogP contribution in [0.15, 0.2) is 46.3 Å². The Kier molecular flexibility index (Phi) is 15.8. The number of halogens is 1. The molecule has 2 heteroatoms. The minimum Gasteiger partial charge on any atom is -0.303 e. The van der Waals surface area contributed by atoms with Gasteiger partial charge in [-0.25, -0.2) is 4.39 Å². The van der Waals surface area contributed by atoms with Gasteiger partial charge >= 0.3 is 0 Å². The molecule has 0 saturated carbocycles. The first-order valence-electron chi connectivity index (χ1n) is 11.8. The van der Waals surface area contributed by atoms with Crippen LogP contribution in [-0.4, -0.2) is 6.29 Å². The van der Waals surface area contributed by atoms with Crippen LogP contribution in [0, 0.1) is 17.3 Å². The van der Waals surface area contributed by atoms with Crippen molar-refractivity contribution in [3.8, 4) is 11.8 Å². The van der Waals surface area contributed by atoms with Gasteiger partial charge in [0.2, 0.25) is 0 Å². The SMILES string of the molecule is CC#CCC(C)(C)C/C=C(\C)CC/C(C)=C(\F)CC/C=C(\C)CC/C=C(\C)CCC=O. The molecule has 0 aliphatic heterocycles. The van der Waals surface area contributed by atoms with Gasteiger partial charge in [0.05, 0.1) is 5.83 Å². The summed E-state index contributed by atoms with van der Waals surface area (Å²) in [6.45, 7) is 14.6. The molecule has 174 valence electrons. The number of allylic oxidation sites excluding steroid dienone is 8. The predicted octanol–water partition coefficient (Wildman–Crippen LogP) is 9.22. The summed E-state index contributed by atoms with van der Waals surface area (Å²) in [6, 6.07) is 0. The molecule has 0 aromatic carbocycles. The summed E-state index contributed by atoms with van der Waals surface area (Å²) >= 11 is 0. The van der Waals surface area contributed by atoms with E-state index in [-0.39, 0.29) is 11.2 Å². The number of rotatable bonds is 15. The highest BCUT2D eigenvalue weighted by Crippen LogP contribution is 2.27. The van der Waals surface area contributed by atoms with Crippen molar-refractivity contribution in [2.45, 2.75) is 113 Å². The van der Waals surface area contributed by atoms with Crippen LogP contribution in [0.5, 0.6) is 0 Å². The molecule has 0 heterocycles. The van der Waals surface area contributed by atoms with Gasteiger partial charge in [0.1, 0.15) is 6.29 Å². The number of carbonyl (C=O) groups excluding carboxylic acids is 1. The van der Waals surface area contributed by atoms with Crippen LogP contribution < -0.4 is 0 Å². The van der Waals surface area contributed by atoms with Crippen molar-refractivity contribution in [1.82, 2.24) is 0 Å². The largest absolute Gasteiger partial charge is 0.303 e. The van der Waals surface area contributed by atoms with E-state index in [2.05, 4.69) is 64.7 Å². The average molecular weight is 429 g/mol. The lowest BCUT2D eigenvalue weighted by Gasteiger charge is -2.20. The maximum Gasteiger partial charge on any atom is 0.120 e. The highest BCUT2D eigenvalue weighted by Gasteiger charge is 2.14. The molecule has 0 atom stereocenters. The third-order valence-corrected chi connectivity index (χ3v) is 5.65. The zero-order chi connectivity index (χ0) is 23.7. The molecule has 0 aromatic rings. The second-order valence-corrected chi connectivity index (χ2v) is 9.59. The van der Waals surface area contributed by atoms with Gasteiger partial charge in [-0.05, 0) is 90.6 Å². The quantitative estimate of drug-likeness (QED) is 0.144. The lowest BCUT2D eigenvalue weighted by Crippen LogP contribution is -2.08. The topological polar surface area (TPSA) is 17.1 Å². The van der Waals surface area contributed by atoms with Crippen molar-refractivity contribution in [1.29, 1.82) is 0 Å². The molecule has 31 heavy (non-hydrogen) atoms.